The Morgan fingerprint density at radius 1 is 1.09 bits per heavy atom. The molecule has 2 aromatic carbocycles. The summed E-state index contributed by atoms with van der Waals surface area (Å²) in [6, 6.07) is 12.0. The Morgan fingerprint density at radius 3 is 2.82 bits per heavy atom. The van der Waals surface area contributed by atoms with Crippen molar-refractivity contribution in [3.05, 3.63) is 97.8 Å². The number of carboxylic acids is 1. The third kappa shape index (κ3) is 4.39. The SMILES string of the molecule is O=C(O)c1cc(Br)cc2c(=O)cc(-c3cccc(/C=C/C4=NC5=C(C=CCC5)CC4)c3)oc12. The molecule has 0 unspecified atom stereocenters. The lowest BCUT2D eigenvalue weighted by Crippen LogP contribution is -2.06. The maximum Gasteiger partial charge on any atom is 0.339 e. The van der Waals surface area contributed by atoms with Gasteiger partial charge in [0.1, 0.15) is 11.3 Å². The minimum Gasteiger partial charge on any atom is -0.478 e. The van der Waals surface area contributed by atoms with Crippen molar-refractivity contribution in [3.63, 3.8) is 0 Å². The highest BCUT2D eigenvalue weighted by atomic mass is 79.9. The number of aromatic carboxylic acids is 1. The fraction of sp³-hybridized carbons (Fsp3) is 0.148. The quantitative estimate of drug-likeness (QED) is 0.427. The second-order valence-corrected chi connectivity index (χ2v) is 9.00. The molecule has 0 saturated carbocycles. The van der Waals surface area contributed by atoms with Crippen molar-refractivity contribution in [2.75, 3.05) is 0 Å². The summed E-state index contributed by atoms with van der Waals surface area (Å²) in [6.45, 7) is 0. The van der Waals surface area contributed by atoms with Crippen LogP contribution in [0.25, 0.3) is 28.4 Å². The Bertz CT molecular complexity index is 1470. The van der Waals surface area contributed by atoms with E-state index >= 15 is 0 Å². The predicted molar refractivity (Wildman–Crippen MR) is 134 cm³/mol. The number of fused-ring (bicyclic) bond motifs is 1. The van der Waals surface area contributed by atoms with E-state index in [9.17, 15) is 14.7 Å². The molecular weight excluding hydrogens is 482 g/mol. The zero-order valence-corrected chi connectivity index (χ0v) is 19.3. The second-order valence-electron chi connectivity index (χ2n) is 8.09. The molecule has 1 aliphatic heterocycles. The molecule has 5 rings (SSSR count). The number of allylic oxidation sites excluding steroid dienone is 5. The van der Waals surface area contributed by atoms with E-state index in [-0.39, 0.29) is 22.0 Å². The number of carbonyl (C=O) groups is 1. The van der Waals surface area contributed by atoms with Crippen LogP contribution in [-0.2, 0) is 0 Å². The summed E-state index contributed by atoms with van der Waals surface area (Å²) in [5.41, 5.74) is 4.95. The Balaban J connectivity index is 1.50. The standard InChI is InChI=1S/C27H20BrNO4/c28-19-13-21-24(30)15-25(33-26(21)22(14-19)27(31)32)18-6-3-4-16(12-18)8-10-20-11-9-17-5-1-2-7-23(17)29-20/h1,3-6,8,10,12-15H,2,7,9,11H2,(H,31,32)/b10-8+. The van der Waals surface area contributed by atoms with Crippen molar-refractivity contribution < 1.29 is 14.3 Å². The van der Waals surface area contributed by atoms with Gasteiger partial charge in [0.05, 0.1) is 5.39 Å². The molecule has 0 amide bonds. The van der Waals surface area contributed by atoms with E-state index in [0.717, 1.165) is 37.0 Å². The van der Waals surface area contributed by atoms with Crippen LogP contribution in [-0.4, -0.2) is 16.8 Å². The van der Waals surface area contributed by atoms with E-state index in [2.05, 4.69) is 28.1 Å². The average molecular weight is 502 g/mol. The normalized spacial score (nSPS) is 15.7. The largest absolute Gasteiger partial charge is 0.478 e. The first-order valence-corrected chi connectivity index (χ1v) is 11.5. The third-order valence-electron chi connectivity index (χ3n) is 5.83. The molecule has 1 N–H and O–H groups in total. The number of halogens is 1. The van der Waals surface area contributed by atoms with Gasteiger partial charge < -0.3 is 9.52 Å². The number of nitrogens with zero attached hydrogens (tertiary/aromatic N) is 1. The molecule has 0 radical (unpaired) electrons. The summed E-state index contributed by atoms with van der Waals surface area (Å²) in [7, 11) is 0. The van der Waals surface area contributed by atoms with Crippen molar-refractivity contribution in [1.29, 1.82) is 0 Å². The summed E-state index contributed by atoms with van der Waals surface area (Å²) in [5, 5.41) is 9.78. The predicted octanol–water partition coefficient (Wildman–Crippen LogP) is 6.77. The van der Waals surface area contributed by atoms with Gasteiger partial charge >= 0.3 is 5.97 Å². The van der Waals surface area contributed by atoms with Gasteiger partial charge in [0, 0.05) is 27.5 Å². The van der Waals surface area contributed by atoms with Gasteiger partial charge in [0.25, 0.3) is 0 Å². The fourth-order valence-corrected chi connectivity index (χ4v) is 4.64. The number of hydrogen-bond acceptors (Lipinski definition) is 4. The minimum atomic E-state index is -1.15. The van der Waals surface area contributed by atoms with Gasteiger partial charge in [-0.3, -0.25) is 9.79 Å². The lowest BCUT2D eigenvalue weighted by atomic mass is 9.95. The summed E-state index contributed by atoms with van der Waals surface area (Å²) >= 11 is 3.26. The third-order valence-corrected chi connectivity index (χ3v) is 6.29. The summed E-state index contributed by atoms with van der Waals surface area (Å²) < 4.78 is 6.43. The highest BCUT2D eigenvalue weighted by molar-refractivity contribution is 9.10. The van der Waals surface area contributed by atoms with Crippen molar-refractivity contribution in [1.82, 2.24) is 0 Å². The maximum absolute atomic E-state index is 12.7. The highest BCUT2D eigenvalue weighted by Crippen LogP contribution is 2.30. The number of hydrogen-bond donors (Lipinski definition) is 1. The van der Waals surface area contributed by atoms with Crippen LogP contribution in [0.3, 0.4) is 0 Å². The fourth-order valence-electron chi connectivity index (χ4n) is 4.18. The summed E-state index contributed by atoms with van der Waals surface area (Å²) in [5.74, 6) is -0.829. The maximum atomic E-state index is 12.7. The van der Waals surface area contributed by atoms with Crippen LogP contribution >= 0.6 is 15.9 Å². The van der Waals surface area contributed by atoms with Gasteiger partial charge in [-0.25, -0.2) is 4.79 Å². The molecule has 0 saturated heterocycles. The minimum absolute atomic E-state index is 0.0593. The summed E-state index contributed by atoms with van der Waals surface area (Å²) in [6.07, 6.45) is 12.4. The monoisotopic (exact) mass is 501 g/mol. The molecule has 5 nitrogen and oxygen atoms in total. The highest BCUT2D eigenvalue weighted by Gasteiger charge is 2.17. The van der Waals surface area contributed by atoms with E-state index in [1.807, 2.05) is 36.4 Å². The van der Waals surface area contributed by atoms with E-state index in [1.165, 1.54) is 23.4 Å². The van der Waals surface area contributed by atoms with Crippen LogP contribution in [0.15, 0.2) is 90.6 Å². The smallest absolute Gasteiger partial charge is 0.339 e. The van der Waals surface area contributed by atoms with Crippen LogP contribution in [0.4, 0.5) is 0 Å². The zero-order valence-electron chi connectivity index (χ0n) is 17.7. The molecule has 2 heterocycles. The molecule has 2 aliphatic rings. The molecular formula is C27H20BrNO4. The van der Waals surface area contributed by atoms with Gasteiger partial charge in [0.2, 0.25) is 0 Å². The van der Waals surface area contributed by atoms with Gasteiger partial charge in [-0.2, -0.15) is 0 Å². The van der Waals surface area contributed by atoms with Gasteiger partial charge in [-0.05, 0) is 61.1 Å². The van der Waals surface area contributed by atoms with Gasteiger partial charge in [-0.15, -0.1) is 0 Å². The lowest BCUT2D eigenvalue weighted by molar-refractivity contribution is 0.0697. The number of rotatable bonds is 4. The van der Waals surface area contributed by atoms with Crippen LogP contribution in [0.1, 0.15) is 41.6 Å². The van der Waals surface area contributed by atoms with Crippen LogP contribution in [0, 0.1) is 0 Å². The molecule has 3 aromatic rings. The van der Waals surface area contributed by atoms with Crippen molar-refractivity contribution in [2.45, 2.75) is 25.7 Å². The first kappa shape index (κ1) is 21.3. The first-order valence-electron chi connectivity index (χ1n) is 10.7. The van der Waals surface area contributed by atoms with Crippen molar-refractivity contribution >= 4 is 44.7 Å². The Morgan fingerprint density at radius 2 is 1.97 bits per heavy atom. The average Bonchev–Trinajstić information content (AvgIpc) is 2.82. The van der Waals surface area contributed by atoms with E-state index in [4.69, 9.17) is 9.41 Å². The van der Waals surface area contributed by atoms with Gasteiger partial charge in [-0.1, -0.05) is 52.4 Å². The Kier molecular flexibility index (Phi) is 5.68. The van der Waals surface area contributed by atoms with E-state index in [0.29, 0.717) is 15.8 Å². The number of aliphatic imine (C=N–C) groups is 1. The Hall–Kier alpha value is -3.51. The van der Waals surface area contributed by atoms with Crippen LogP contribution < -0.4 is 5.43 Å². The van der Waals surface area contributed by atoms with Crippen molar-refractivity contribution in [2.24, 2.45) is 4.99 Å². The molecule has 164 valence electrons. The van der Waals surface area contributed by atoms with Crippen molar-refractivity contribution in [3.8, 4) is 11.3 Å². The van der Waals surface area contributed by atoms with E-state index in [1.54, 1.807) is 6.07 Å². The van der Waals surface area contributed by atoms with Crippen LogP contribution in [0.5, 0.6) is 0 Å². The van der Waals surface area contributed by atoms with E-state index < -0.39 is 5.97 Å². The molecule has 0 bridgehead atoms. The topological polar surface area (TPSA) is 79.9 Å². The number of carboxylic acid groups (broad SMARTS) is 1. The molecule has 0 spiro atoms. The zero-order chi connectivity index (χ0) is 22.9. The number of benzene rings is 2. The molecule has 1 aromatic heterocycles. The van der Waals surface area contributed by atoms with Gasteiger partial charge in [0.15, 0.2) is 11.0 Å². The molecule has 0 fully saturated rings. The Labute approximate surface area is 198 Å². The molecule has 33 heavy (non-hydrogen) atoms. The molecule has 6 heteroatoms. The molecule has 0 atom stereocenters. The second kappa shape index (κ2) is 8.79. The lowest BCUT2D eigenvalue weighted by Gasteiger charge is -2.18. The first-order chi connectivity index (χ1) is 16.0. The molecule has 1 aliphatic carbocycles. The van der Waals surface area contributed by atoms with Crippen LogP contribution in [0.2, 0.25) is 0 Å². The summed E-state index contributed by atoms with van der Waals surface area (Å²) in [4.78, 5) is 29.2.